The van der Waals surface area contributed by atoms with Gasteiger partial charge in [-0.3, -0.25) is 0 Å². The van der Waals surface area contributed by atoms with Crippen molar-refractivity contribution in [3.8, 4) is 0 Å². The van der Waals surface area contributed by atoms with E-state index in [2.05, 4.69) is 24.4 Å². The molecule has 2 aliphatic rings. The summed E-state index contributed by atoms with van der Waals surface area (Å²) in [5.74, 6) is 2.08. The molecule has 2 saturated carbocycles. The van der Waals surface area contributed by atoms with Crippen molar-refractivity contribution in [2.75, 3.05) is 6.54 Å². The van der Waals surface area contributed by atoms with Crippen LogP contribution in [-0.2, 0) is 0 Å². The molecule has 0 radical (unpaired) electrons. The SMILES string of the molecule is C/C=C/CNC1CC2CCC1C2. The summed E-state index contributed by atoms with van der Waals surface area (Å²) < 4.78 is 0. The number of nitrogens with one attached hydrogen (secondary N) is 1. The fraction of sp³-hybridized carbons (Fsp3) is 0.818. The van der Waals surface area contributed by atoms with E-state index in [0.29, 0.717) is 0 Å². The number of allylic oxidation sites excluding steroid dienone is 1. The third-order valence-corrected chi connectivity index (χ3v) is 3.47. The summed E-state index contributed by atoms with van der Waals surface area (Å²) in [4.78, 5) is 0. The van der Waals surface area contributed by atoms with Crippen molar-refractivity contribution in [3.05, 3.63) is 12.2 Å². The highest BCUT2D eigenvalue weighted by molar-refractivity contribution is 4.95. The zero-order valence-electron chi connectivity index (χ0n) is 7.92. The Morgan fingerprint density at radius 2 is 2.25 bits per heavy atom. The molecule has 0 aromatic heterocycles. The zero-order chi connectivity index (χ0) is 8.39. The lowest BCUT2D eigenvalue weighted by Crippen LogP contribution is -2.33. The lowest BCUT2D eigenvalue weighted by Gasteiger charge is -2.22. The molecule has 0 amide bonds. The van der Waals surface area contributed by atoms with Crippen LogP contribution >= 0.6 is 0 Å². The first kappa shape index (κ1) is 8.31. The van der Waals surface area contributed by atoms with E-state index < -0.39 is 0 Å². The number of rotatable bonds is 3. The second-order valence-electron chi connectivity index (χ2n) is 4.26. The molecular weight excluding hydrogens is 146 g/mol. The Morgan fingerprint density at radius 3 is 2.83 bits per heavy atom. The normalized spacial score (nSPS) is 39.9. The Labute approximate surface area is 75.2 Å². The molecule has 2 aliphatic carbocycles. The maximum absolute atomic E-state index is 3.63. The van der Waals surface area contributed by atoms with Crippen molar-refractivity contribution in [2.24, 2.45) is 11.8 Å². The van der Waals surface area contributed by atoms with Crippen LogP contribution in [-0.4, -0.2) is 12.6 Å². The Morgan fingerprint density at radius 1 is 1.33 bits per heavy atom. The molecule has 0 aromatic carbocycles. The zero-order valence-corrected chi connectivity index (χ0v) is 7.92. The van der Waals surface area contributed by atoms with Crippen molar-refractivity contribution in [3.63, 3.8) is 0 Å². The Bertz CT molecular complexity index is 174. The molecule has 2 fully saturated rings. The van der Waals surface area contributed by atoms with Crippen molar-refractivity contribution in [1.29, 1.82) is 0 Å². The van der Waals surface area contributed by atoms with Crippen LogP contribution in [0.15, 0.2) is 12.2 Å². The molecule has 1 N–H and O–H groups in total. The van der Waals surface area contributed by atoms with E-state index in [1.54, 1.807) is 0 Å². The highest BCUT2D eigenvalue weighted by Gasteiger charge is 2.38. The van der Waals surface area contributed by atoms with E-state index >= 15 is 0 Å². The Hall–Kier alpha value is -0.300. The molecule has 0 heterocycles. The number of hydrogen-bond acceptors (Lipinski definition) is 1. The van der Waals surface area contributed by atoms with E-state index in [9.17, 15) is 0 Å². The van der Waals surface area contributed by atoms with Crippen molar-refractivity contribution < 1.29 is 0 Å². The van der Waals surface area contributed by atoms with E-state index in [1.807, 2.05) is 0 Å². The van der Waals surface area contributed by atoms with Gasteiger partial charge in [0.15, 0.2) is 0 Å². The first-order chi connectivity index (χ1) is 5.90. The average Bonchev–Trinajstić information content (AvgIpc) is 2.65. The van der Waals surface area contributed by atoms with Crippen LogP contribution in [0.3, 0.4) is 0 Å². The smallest absolute Gasteiger partial charge is 0.0137 e. The minimum absolute atomic E-state index is 0.847. The predicted octanol–water partition coefficient (Wildman–Crippen LogP) is 2.34. The molecule has 0 aromatic rings. The molecule has 3 atom stereocenters. The molecule has 0 aliphatic heterocycles. The summed E-state index contributed by atoms with van der Waals surface area (Å²) in [6.07, 6.45) is 10.3. The van der Waals surface area contributed by atoms with Gasteiger partial charge in [-0.1, -0.05) is 18.6 Å². The van der Waals surface area contributed by atoms with E-state index in [-0.39, 0.29) is 0 Å². The third-order valence-electron chi connectivity index (χ3n) is 3.47. The monoisotopic (exact) mass is 165 g/mol. The van der Waals surface area contributed by atoms with Crippen LogP contribution in [0.1, 0.15) is 32.6 Å². The van der Waals surface area contributed by atoms with Crippen LogP contribution in [0.4, 0.5) is 0 Å². The second-order valence-corrected chi connectivity index (χ2v) is 4.26. The lowest BCUT2D eigenvalue weighted by molar-refractivity contribution is 0.363. The Balaban J connectivity index is 1.75. The van der Waals surface area contributed by atoms with Gasteiger partial charge in [-0.25, -0.2) is 0 Å². The van der Waals surface area contributed by atoms with Gasteiger partial charge in [0.2, 0.25) is 0 Å². The number of hydrogen-bond donors (Lipinski definition) is 1. The molecule has 0 saturated heterocycles. The molecule has 2 bridgehead atoms. The third kappa shape index (κ3) is 1.56. The van der Waals surface area contributed by atoms with Gasteiger partial charge in [-0.05, 0) is 38.0 Å². The van der Waals surface area contributed by atoms with Crippen LogP contribution in [0.5, 0.6) is 0 Å². The summed E-state index contributed by atoms with van der Waals surface area (Å²) in [7, 11) is 0. The minimum atomic E-state index is 0.847. The molecule has 1 nitrogen and oxygen atoms in total. The first-order valence-corrected chi connectivity index (χ1v) is 5.24. The van der Waals surface area contributed by atoms with Crippen molar-refractivity contribution >= 4 is 0 Å². The standard InChI is InChI=1S/C11H19N/c1-2-3-6-12-11-8-9-4-5-10(11)7-9/h2-3,9-12H,4-8H2,1H3/b3-2+. The average molecular weight is 165 g/mol. The topological polar surface area (TPSA) is 12.0 Å². The molecule has 3 unspecified atom stereocenters. The molecule has 1 heteroatoms. The summed E-state index contributed by atoms with van der Waals surface area (Å²) >= 11 is 0. The molecule has 2 rings (SSSR count). The van der Waals surface area contributed by atoms with Gasteiger partial charge < -0.3 is 5.32 Å². The van der Waals surface area contributed by atoms with Crippen molar-refractivity contribution in [1.82, 2.24) is 5.32 Å². The summed E-state index contributed by atoms with van der Waals surface area (Å²) in [5.41, 5.74) is 0. The van der Waals surface area contributed by atoms with E-state index in [4.69, 9.17) is 0 Å². The summed E-state index contributed by atoms with van der Waals surface area (Å²) in [5, 5.41) is 3.63. The van der Waals surface area contributed by atoms with Crippen LogP contribution in [0, 0.1) is 11.8 Å². The molecule has 68 valence electrons. The number of fused-ring (bicyclic) bond motifs is 2. The highest BCUT2D eigenvalue weighted by atomic mass is 14.9. The fourth-order valence-electron chi connectivity index (χ4n) is 2.83. The Kier molecular flexibility index (Phi) is 2.50. The van der Waals surface area contributed by atoms with Crippen LogP contribution < -0.4 is 5.32 Å². The lowest BCUT2D eigenvalue weighted by atomic mass is 9.95. The maximum atomic E-state index is 3.63. The van der Waals surface area contributed by atoms with E-state index in [0.717, 1.165) is 24.4 Å². The minimum Gasteiger partial charge on any atom is -0.310 e. The highest BCUT2D eigenvalue weighted by Crippen LogP contribution is 2.44. The van der Waals surface area contributed by atoms with Gasteiger partial charge in [0.1, 0.15) is 0 Å². The largest absolute Gasteiger partial charge is 0.310 e. The van der Waals surface area contributed by atoms with Gasteiger partial charge in [0.25, 0.3) is 0 Å². The molecule has 0 spiro atoms. The van der Waals surface area contributed by atoms with Gasteiger partial charge in [0.05, 0.1) is 0 Å². The van der Waals surface area contributed by atoms with Gasteiger partial charge >= 0.3 is 0 Å². The first-order valence-electron chi connectivity index (χ1n) is 5.24. The van der Waals surface area contributed by atoms with Gasteiger partial charge in [-0.15, -0.1) is 0 Å². The quantitative estimate of drug-likeness (QED) is 0.633. The molecular formula is C11H19N. The maximum Gasteiger partial charge on any atom is 0.0137 e. The summed E-state index contributed by atoms with van der Waals surface area (Å²) in [6.45, 7) is 3.16. The fourth-order valence-corrected chi connectivity index (χ4v) is 2.83. The van der Waals surface area contributed by atoms with Crippen molar-refractivity contribution in [2.45, 2.75) is 38.6 Å². The van der Waals surface area contributed by atoms with Gasteiger partial charge in [0, 0.05) is 12.6 Å². The van der Waals surface area contributed by atoms with Crippen LogP contribution in [0.2, 0.25) is 0 Å². The second kappa shape index (κ2) is 3.61. The predicted molar refractivity (Wildman–Crippen MR) is 52.1 cm³/mol. The molecule has 12 heavy (non-hydrogen) atoms. The van der Waals surface area contributed by atoms with Crippen LogP contribution in [0.25, 0.3) is 0 Å². The van der Waals surface area contributed by atoms with E-state index in [1.165, 1.54) is 25.7 Å². The van der Waals surface area contributed by atoms with Gasteiger partial charge in [-0.2, -0.15) is 0 Å². The summed E-state index contributed by atoms with van der Waals surface area (Å²) in [6, 6.07) is 0.847.